The number of rotatable bonds is 19. The SMILES string of the molecule is CCCN(CCC)C(=O)c1cc(C(=O)NC(Cc2ccccc2)C(O)CN(CC)NS(=O)(=O)Cc2ccccc2)cc(S(=O)(=O)N(C)C)c1. The van der Waals surface area contributed by atoms with Crippen LogP contribution in [-0.4, -0.2) is 100 Å². The number of hydrazine groups is 1. The van der Waals surface area contributed by atoms with Crippen LogP contribution in [0, 0.1) is 0 Å². The number of nitrogens with one attached hydrogen (secondary N) is 2. The van der Waals surface area contributed by atoms with Gasteiger partial charge in [-0.25, -0.2) is 26.1 Å². The maximum absolute atomic E-state index is 13.9. The van der Waals surface area contributed by atoms with Crippen molar-refractivity contribution in [3.8, 4) is 0 Å². The molecule has 0 saturated carbocycles. The standard InChI is InChI=1S/C35H49N5O7S2/c1-6-19-39(20-7-2)35(43)30-22-29(23-31(24-30)49(46,47)38(4)5)34(42)36-32(21-27-15-11-9-12-16-27)33(41)25-40(8-3)37-48(44,45)26-28-17-13-10-14-18-28/h9-18,22-24,32-33,37,41H,6-8,19-21,25-26H2,1-5H3,(H,36,42). The summed E-state index contributed by atoms with van der Waals surface area (Å²) in [4.78, 5) is 31.4. The minimum Gasteiger partial charge on any atom is -0.390 e. The number of carbonyl (C=O) groups is 2. The van der Waals surface area contributed by atoms with E-state index in [1.807, 2.05) is 44.2 Å². The van der Waals surface area contributed by atoms with Crippen LogP contribution >= 0.6 is 0 Å². The van der Waals surface area contributed by atoms with Crippen LogP contribution < -0.4 is 10.1 Å². The lowest BCUT2D eigenvalue weighted by atomic mass is 10.00. The van der Waals surface area contributed by atoms with Crippen LogP contribution in [0.2, 0.25) is 0 Å². The summed E-state index contributed by atoms with van der Waals surface area (Å²) < 4.78 is 53.4. The van der Waals surface area contributed by atoms with E-state index in [0.717, 1.165) is 9.87 Å². The average Bonchev–Trinajstić information content (AvgIpc) is 3.07. The molecule has 14 heteroatoms. The van der Waals surface area contributed by atoms with E-state index in [4.69, 9.17) is 0 Å². The minimum atomic E-state index is -4.03. The average molecular weight is 716 g/mol. The van der Waals surface area contributed by atoms with Crippen LogP contribution in [0.5, 0.6) is 0 Å². The number of hydrogen-bond donors (Lipinski definition) is 3. The van der Waals surface area contributed by atoms with E-state index < -0.39 is 44.0 Å². The van der Waals surface area contributed by atoms with Crippen LogP contribution in [0.1, 0.15) is 65.5 Å². The Morgan fingerprint density at radius 1 is 0.796 bits per heavy atom. The highest BCUT2D eigenvalue weighted by molar-refractivity contribution is 7.89. The molecule has 3 aromatic rings. The molecule has 2 amide bonds. The van der Waals surface area contributed by atoms with Gasteiger partial charge in [-0.2, -0.15) is 0 Å². The molecule has 0 saturated heterocycles. The van der Waals surface area contributed by atoms with Gasteiger partial charge in [-0.3, -0.25) is 9.59 Å². The predicted molar refractivity (Wildman–Crippen MR) is 191 cm³/mol. The van der Waals surface area contributed by atoms with Gasteiger partial charge < -0.3 is 15.3 Å². The van der Waals surface area contributed by atoms with Crippen LogP contribution in [0.3, 0.4) is 0 Å². The summed E-state index contributed by atoms with van der Waals surface area (Å²) in [5.41, 5.74) is 1.39. The molecule has 0 bridgehead atoms. The molecule has 49 heavy (non-hydrogen) atoms. The van der Waals surface area contributed by atoms with E-state index >= 15 is 0 Å². The third-order valence-corrected chi connectivity index (χ3v) is 10.8. The highest BCUT2D eigenvalue weighted by Gasteiger charge is 2.28. The van der Waals surface area contributed by atoms with Crippen molar-refractivity contribution in [3.63, 3.8) is 0 Å². The molecule has 0 aromatic heterocycles. The topological polar surface area (TPSA) is 156 Å². The second-order valence-electron chi connectivity index (χ2n) is 12.0. The van der Waals surface area contributed by atoms with Gasteiger partial charge in [0.2, 0.25) is 20.0 Å². The van der Waals surface area contributed by atoms with Crippen LogP contribution in [0.15, 0.2) is 83.8 Å². The highest BCUT2D eigenvalue weighted by Crippen LogP contribution is 2.21. The Morgan fingerprint density at radius 2 is 1.35 bits per heavy atom. The molecule has 12 nitrogen and oxygen atoms in total. The first-order chi connectivity index (χ1) is 23.2. The summed E-state index contributed by atoms with van der Waals surface area (Å²) in [6.07, 6.45) is 0.322. The number of carbonyl (C=O) groups excluding carboxylic acids is 2. The first kappa shape index (κ1) is 39.8. The van der Waals surface area contributed by atoms with Crippen molar-refractivity contribution in [2.24, 2.45) is 0 Å². The first-order valence-corrected chi connectivity index (χ1v) is 19.5. The van der Waals surface area contributed by atoms with E-state index in [-0.39, 0.29) is 41.3 Å². The van der Waals surface area contributed by atoms with Gasteiger partial charge in [0.25, 0.3) is 11.8 Å². The molecule has 2 atom stereocenters. The van der Waals surface area contributed by atoms with Gasteiger partial charge in [-0.05, 0) is 48.6 Å². The minimum absolute atomic E-state index is 0.0557. The second-order valence-corrected chi connectivity index (χ2v) is 15.9. The van der Waals surface area contributed by atoms with Crippen molar-refractivity contribution >= 4 is 31.9 Å². The fourth-order valence-corrected chi connectivity index (χ4v) is 7.53. The van der Waals surface area contributed by atoms with Gasteiger partial charge >= 0.3 is 0 Å². The Bertz CT molecular complexity index is 1730. The second kappa shape index (κ2) is 18.4. The quantitative estimate of drug-likeness (QED) is 0.160. The summed E-state index contributed by atoms with van der Waals surface area (Å²) in [6, 6.07) is 20.8. The molecular formula is C35H49N5O7S2. The van der Waals surface area contributed by atoms with Crippen LogP contribution in [0.25, 0.3) is 0 Å². The molecule has 3 aromatic carbocycles. The third-order valence-electron chi connectivity index (χ3n) is 7.80. The maximum atomic E-state index is 13.9. The van der Waals surface area contributed by atoms with Crippen molar-refractivity contribution in [2.45, 2.75) is 62.8 Å². The molecule has 0 spiro atoms. The summed E-state index contributed by atoms with van der Waals surface area (Å²) >= 11 is 0. The lowest BCUT2D eigenvalue weighted by Gasteiger charge is -2.30. The molecule has 0 radical (unpaired) electrons. The van der Waals surface area contributed by atoms with E-state index in [9.17, 15) is 31.5 Å². The summed E-state index contributed by atoms with van der Waals surface area (Å²) in [5, 5.41) is 15.7. The molecule has 0 aliphatic rings. The summed E-state index contributed by atoms with van der Waals surface area (Å²) in [5.74, 6) is -1.35. The Labute approximate surface area is 291 Å². The Hall–Kier alpha value is -3.66. The smallest absolute Gasteiger partial charge is 0.253 e. The number of hydrogen-bond acceptors (Lipinski definition) is 8. The fourth-order valence-electron chi connectivity index (χ4n) is 5.26. The molecule has 3 rings (SSSR count). The number of amides is 2. The molecule has 0 fully saturated rings. The third kappa shape index (κ3) is 11.7. The predicted octanol–water partition coefficient (Wildman–Crippen LogP) is 3.26. The van der Waals surface area contributed by atoms with E-state index in [1.165, 1.54) is 37.3 Å². The number of aliphatic hydroxyl groups excluding tert-OH is 1. The van der Waals surface area contributed by atoms with Crippen molar-refractivity contribution in [2.75, 3.05) is 40.3 Å². The van der Waals surface area contributed by atoms with Crippen LogP contribution in [-0.2, 0) is 32.2 Å². The first-order valence-electron chi connectivity index (χ1n) is 16.4. The number of aliphatic hydroxyl groups is 1. The Kier molecular flexibility index (Phi) is 14.9. The zero-order valence-electron chi connectivity index (χ0n) is 28.9. The zero-order chi connectivity index (χ0) is 36.2. The summed E-state index contributed by atoms with van der Waals surface area (Å²) in [6.45, 7) is 6.60. The molecule has 3 N–H and O–H groups in total. The molecule has 0 aliphatic heterocycles. The van der Waals surface area contributed by atoms with Crippen LogP contribution in [0.4, 0.5) is 0 Å². The van der Waals surface area contributed by atoms with Crippen molar-refractivity contribution in [3.05, 3.63) is 101 Å². The molecule has 0 heterocycles. The fraction of sp³-hybridized carbons (Fsp3) is 0.429. The van der Waals surface area contributed by atoms with Crippen molar-refractivity contribution in [1.82, 2.24) is 24.4 Å². The van der Waals surface area contributed by atoms with Gasteiger partial charge in [0.1, 0.15) is 0 Å². The highest BCUT2D eigenvalue weighted by atomic mass is 32.2. The van der Waals surface area contributed by atoms with Gasteiger partial charge in [0.15, 0.2) is 0 Å². The zero-order valence-corrected chi connectivity index (χ0v) is 30.5. The van der Waals surface area contributed by atoms with Crippen molar-refractivity contribution in [1.29, 1.82) is 0 Å². The van der Waals surface area contributed by atoms with E-state index in [0.29, 0.717) is 31.5 Å². The molecular weight excluding hydrogens is 667 g/mol. The van der Waals surface area contributed by atoms with Gasteiger partial charge in [-0.15, -0.1) is 4.83 Å². The van der Waals surface area contributed by atoms with Crippen molar-refractivity contribution < 1.29 is 31.5 Å². The Morgan fingerprint density at radius 3 is 1.88 bits per heavy atom. The van der Waals surface area contributed by atoms with Gasteiger partial charge in [0, 0.05) is 51.4 Å². The lowest BCUT2D eigenvalue weighted by molar-refractivity contribution is 0.0634. The number of nitrogens with zero attached hydrogens (tertiary/aromatic N) is 3. The molecule has 2 unspecified atom stereocenters. The monoisotopic (exact) mass is 715 g/mol. The lowest BCUT2D eigenvalue weighted by Crippen LogP contribution is -2.53. The number of benzene rings is 3. The maximum Gasteiger partial charge on any atom is 0.253 e. The van der Waals surface area contributed by atoms with E-state index in [2.05, 4.69) is 10.1 Å². The summed E-state index contributed by atoms with van der Waals surface area (Å²) in [7, 11) is -5.12. The molecule has 0 aliphatic carbocycles. The number of sulfonamides is 2. The van der Waals surface area contributed by atoms with Gasteiger partial charge in [0.05, 0.1) is 22.8 Å². The number of likely N-dealkylation sites (N-methyl/N-ethyl adjacent to an activating group) is 1. The van der Waals surface area contributed by atoms with Gasteiger partial charge in [-0.1, -0.05) is 81.4 Å². The largest absolute Gasteiger partial charge is 0.390 e. The molecule has 268 valence electrons. The Balaban J connectivity index is 1.95. The normalized spacial score (nSPS) is 13.3. The van der Waals surface area contributed by atoms with E-state index in [1.54, 1.807) is 42.2 Å².